The Labute approximate surface area is 134 Å². The van der Waals surface area contributed by atoms with Gasteiger partial charge >= 0.3 is 5.97 Å². The highest BCUT2D eigenvalue weighted by Gasteiger charge is 2.42. The lowest BCUT2D eigenvalue weighted by Gasteiger charge is -2.45. The van der Waals surface area contributed by atoms with E-state index in [4.69, 9.17) is 4.74 Å². The lowest BCUT2D eigenvalue weighted by atomic mass is 9.76. The summed E-state index contributed by atoms with van der Waals surface area (Å²) in [7, 11) is 0. The Morgan fingerprint density at radius 1 is 1.23 bits per heavy atom. The third-order valence-corrected chi connectivity index (χ3v) is 4.25. The molecule has 0 aromatic rings. The van der Waals surface area contributed by atoms with Crippen LogP contribution in [0.2, 0.25) is 0 Å². The number of hydrogen-bond donors (Lipinski definition) is 1. The molecule has 0 bridgehead atoms. The first-order valence-electron chi connectivity index (χ1n) is 8.48. The minimum atomic E-state index is -1.22. The van der Waals surface area contributed by atoms with E-state index in [9.17, 15) is 14.3 Å². The van der Waals surface area contributed by atoms with Crippen molar-refractivity contribution in [2.45, 2.75) is 65.0 Å². The van der Waals surface area contributed by atoms with Gasteiger partial charge < -0.3 is 9.84 Å². The van der Waals surface area contributed by atoms with Crippen LogP contribution in [0.4, 0.5) is 4.39 Å². The fourth-order valence-corrected chi connectivity index (χ4v) is 3.52. The largest absolute Gasteiger partial charge is 0.466 e. The molecule has 2 unspecified atom stereocenters. The molecule has 0 aliphatic carbocycles. The zero-order chi connectivity index (χ0) is 16.6. The van der Waals surface area contributed by atoms with Crippen molar-refractivity contribution in [1.29, 1.82) is 0 Å². The van der Waals surface area contributed by atoms with Crippen LogP contribution in [0.25, 0.3) is 0 Å². The number of ether oxygens (including phenoxy) is 1. The van der Waals surface area contributed by atoms with Crippen molar-refractivity contribution in [2.75, 3.05) is 32.8 Å². The van der Waals surface area contributed by atoms with Crippen molar-refractivity contribution >= 4 is 5.97 Å². The van der Waals surface area contributed by atoms with Crippen molar-refractivity contribution in [3.05, 3.63) is 0 Å². The molecule has 1 aliphatic rings. The number of aliphatic hydroxyl groups is 1. The molecule has 0 amide bonds. The SMILES string of the molecule is CCOC(=O)CCCCCCN1CC(C)(F)CC(C)(CO)C1. The number of unbranched alkanes of at least 4 members (excludes halogenated alkanes) is 3. The number of aliphatic hydroxyl groups excluding tert-OH is 1. The summed E-state index contributed by atoms with van der Waals surface area (Å²) in [6.45, 7) is 7.94. The molecule has 0 aromatic carbocycles. The third kappa shape index (κ3) is 7.05. The van der Waals surface area contributed by atoms with Gasteiger partial charge in [-0.1, -0.05) is 19.8 Å². The summed E-state index contributed by atoms with van der Waals surface area (Å²) in [4.78, 5) is 13.3. The number of alkyl halides is 1. The molecule has 1 fully saturated rings. The number of carbonyl (C=O) groups is 1. The first kappa shape index (κ1) is 19.4. The first-order valence-corrected chi connectivity index (χ1v) is 8.48. The minimum absolute atomic E-state index is 0.0303. The van der Waals surface area contributed by atoms with E-state index in [1.165, 1.54) is 0 Å². The van der Waals surface area contributed by atoms with Crippen LogP contribution in [0.15, 0.2) is 0 Å². The zero-order valence-corrected chi connectivity index (χ0v) is 14.4. The molecular formula is C17H32FNO3. The Morgan fingerprint density at radius 3 is 2.55 bits per heavy atom. The number of halogens is 1. The second-order valence-corrected chi connectivity index (χ2v) is 7.24. The molecule has 0 spiro atoms. The van der Waals surface area contributed by atoms with E-state index in [1.807, 2.05) is 13.8 Å². The average Bonchev–Trinajstić information content (AvgIpc) is 2.41. The second kappa shape index (κ2) is 8.82. The molecule has 22 heavy (non-hydrogen) atoms. The van der Waals surface area contributed by atoms with Crippen LogP contribution in [-0.2, 0) is 9.53 Å². The average molecular weight is 317 g/mol. The monoisotopic (exact) mass is 317 g/mol. The summed E-state index contributed by atoms with van der Waals surface area (Å²) < 4.78 is 19.3. The second-order valence-electron chi connectivity index (χ2n) is 7.24. The third-order valence-electron chi connectivity index (χ3n) is 4.25. The molecule has 4 nitrogen and oxygen atoms in total. The van der Waals surface area contributed by atoms with Gasteiger partial charge in [0.2, 0.25) is 0 Å². The van der Waals surface area contributed by atoms with Crippen LogP contribution >= 0.6 is 0 Å². The number of nitrogens with zero attached hydrogens (tertiary/aromatic N) is 1. The Hall–Kier alpha value is -0.680. The first-order chi connectivity index (χ1) is 10.3. The molecule has 2 atom stereocenters. The summed E-state index contributed by atoms with van der Waals surface area (Å²) >= 11 is 0. The Kier molecular flexibility index (Phi) is 7.77. The van der Waals surface area contributed by atoms with E-state index in [-0.39, 0.29) is 18.0 Å². The molecule has 0 saturated carbocycles. The molecule has 0 radical (unpaired) electrons. The van der Waals surface area contributed by atoms with Crippen LogP contribution in [0.3, 0.4) is 0 Å². The highest BCUT2D eigenvalue weighted by molar-refractivity contribution is 5.69. The molecule has 0 aromatic heterocycles. The predicted molar refractivity (Wildman–Crippen MR) is 85.5 cm³/mol. The summed E-state index contributed by atoms with van der Waals surface area (Å²) in [6.07, 6.45) is 4.80. The maximum atomic E-state index is 14.4. The van der Waals surface area contributed by atoms with Gasteiger partial charge in [-0.05, 0) is 39.7 Å². The summed E-state index contributed by atoms with van der Waals surface area (Å²) in [5.74, 6) is -0.120. The number of hydrogen-bond acceptors (Lipinski definition) is 4. The Morgan fingerprint density at radius 2 is 1.91 bits per heavy atom. The van der Waals surface area contributed by atoms with E-state index >= 15 is 0 Å². The van der Waals surface area contributed by atoms with Crippen LogP contribution in [0, 0.1) is 5.41 Å². The van der Waals surface area contributed by atoms with Crippen LogP contribution in [0.5, 0.6) is 0 Å². The van der Waals surface area contributed by atoms with E-state index in [2.05, 4.69) is 4.90 Å². The Balaban J connectivity index is 2.20. The lowest BCUT2D eigenvalue weighted by molar-refractivity contribution is -0.143. The maximum absolute atomic E-state index is 14.4. The Bertz CT molecular complexity index is 349. The van der Waals surface area contributed by atoms with Gasteiger partial charge in [0.15, 0.2) is 0 Å². The van der Waals surface area contributed by atoms with Crippen molar-refractivity contribution in [1.82, 2.24) is 4.90 Å². The number of esters is 1. The molecule has 1 N–H and O–H groups in total. The highest BCUT2D eigenvalue weighted by Crippen LogP contribution is 2.37. The molecular weight excluding hydrogens is 285 g/mol. The number of likely N-dealkylation sites (tertiary alicyclic amines) is 1. The molecule has 130 valence electrons. The van der Waals surface area contributed by atoms with Crippen molar-refractivity contribution < 1.29 is 19.0 Å². The minimum Gasteiger partial charge on any atom is -0.466 e. The smallest absolute Gasteiger partial charge is 0.305 e. The van der Waals surface area contributed by atoms with Crippen LogP contribution < -0.4 is 0 Å². The topological polar surface area (TPSA) is 49.8 Å². The fourth-order valence-electron chi connectivity index (χ4n) is 3.52. The zero-order valence-electron chi connectivity index (χ0n) is 14.4. The van der Waals surface area contributed by atoms with Crippen LogP contribution in [-0.4, -0.2) is 54.5 Å². The van der Waals surface area contributed by atoms with Gasteiger partial charge in [0.1, 0.15) is 5.67 Å². The van der Waals surface area contributed by atoms with E-state index in [0.29, 0.717) is 26.0 Å². The van der Waals surface area contributed by atoms with Crippen molar-refractivity contribution in [3.63, 3.8) is 0 Å². The number of piperidine rings is 1. The lowest BCUT2D eigenvalue weighted by Crippen LogP contribution is -2.53. The molecule has 1 saturated heterocycles. The van der Waals surface area contributed by atoms with Gasteiger partial charge in [-0.25, -0.2) is 4.39 Å². The van der Waals surface area contributed by atoms with Gasteiger partial charge in [0.25, 0.3) is 0 Å². The van der Waals surface area contributed by atoms with Gasteiger partial charge in [-0.15, -0.1) is 0 Å². The molecule has 1 aliphatic heterocycles. The van der Waals surface area contributed by atoms with Crippen molar-refractivity contribution in [3.8, 4) is 0 Å². The van der Waals surface area contributed by atoms with Gasteiger partial charge in [-0.3, -0.25) is 9.69 Å². The summed E-state index contributed by atoms with van der Waals surface area (Å²) in [5, 5.41) is 9.50. The predicted octanol–water partition coefficient (Wildman–Crippen LogP) is 2.93. The van der Waals surface area contributed by atoms with Crippen LogP contribution in [0.1, 0.15) is 59.3 Å². The fraction of sp³-hybridized carbons (Fsp3) is 0.941. The highest BCUT2D eigenvalue weighted by atomic mass is 19.1. The summed E-state index contributed by atoms with van der Waals surface area (Å²) in [5.41, 5.74) is -1.56. The van der Waals surface area contributed by atoms with E-state index < -0.39 is 5.67 Å². The van der Waals surface area contributed by atoms with Crippen molar-refractivity contribution in [2.24, 2.45) is 5.41 Å². The van der Waals surface area contributed by atoms with Gasteiger partial charge in [0, 0.05) is 31.5 Å². The quantitative estimate of drug-likeness (QED) is 0.525. The van der Waals surface area contributed by atoms with Gasteiger partial charge in [0.05, 0.1) is 6.61 Å². The summed E-state index contributed by atoms with van der Waals surface area (Å²) in [6, 6.07) is 0. The normalized spacial score (nSPS) is 29.5. The number of carbonyl (C=O) groups excluding carboxylic acids is 1. The van der Waals surface area contributed by atoms with E-state index in [0.717, 1.165) is 38.8 Å². The molecule has 1 rings (SSSR count). The number of rotatable bonds is 9. The maximum Gasteiger partial charge on any atom is 0.305 e. The van der Waals surface area contributed by atoms with E-state index in [1.54, 1.807) is 6.92 Å². The standard InChI is InChI=1S/C17H32FNO3/c1-4-22-15(21)9-7-5-6-8-10-19-12-16(2,14-20)11-17(3,18)13-19/h20H,4-14H2,1-3H3. The molecule has 5 heteroatoms. The molecule has 1 heterocycles. The van der Waals surface area contributed by atoms with Gasteiger partial charge in [-0.2, -0.15) is 0 Å².